The monoisotopic (exact) mass is 201 g/mol. The first-order chi connectivity index (χ1) is 7.29. The summed E-state index contributed by atoms with van der Waals surface area (Å²) in [5.41, 5.74) is 0.880. The molecule has 0 amide bonds. The van der Waals surface area contributed by atoms with Gasteiger partial charge in [0.05, 0.1) is 0 Å². The number of nitrogens with one attached hydrogen (secondary N) is 1. The van der Waals surface area contributed by atoms with Gasteiger partial charge in [-0.05, 0) is 0 Å². The molecule has 0 aliphatic carbocycles. The van der Waals surface area contributed by atoms with Crippen molar-refractivity contribution in [1.29, 1.82) is 0 Å². The lowest BCUT2D eigenvalue weighted by molar-refractivity contribution is 0.453. The summed E-state index contributed by atoms with van der Waals surface area (Å²) in [7, 11) is 1.75. The van der Waals surface area contributed by atoms with E-state index in [0.717, 1.165) is 5.56 Å². The van der Waals surface area contributed by atoms with E-state index < -0.39 is 0 Å². The Bertz CT molecular complexity index is 457. The molecule has 0 spiro atoms. The van der Waals surface area contributed by atoms with Crippen molar-refractivity contribution >= 4 is 5.82 Å². The first-order valence-corrected chi connectivity index (χ1v) is 4.61. The molecule has 0 atom stereocenters. The van der Waals surface area contributed by atoms with Gasteiger partial charge in [0.25, 0.3) is 0 Å². The van der Waals surface area contributed by atoms with Crippen molar-refractivity contribution in [1.82, 2.24) is 9.97 Å². The molecule has 2 N–H and O–H groups in total. The Hall–Kier alpha value is -2.10. The number of benzene rings is 1. The van der Waals surface area contributed by atoms with Gasteiger partial charge in [-0.1, -0.05) is 30.3 Å². The largest absolute Gasteiger partial charge is 0.493 e. The highest BCUT2D eigenvalue weighted by Crippen LogP contribution is 2.19. The molecule has 0 saturated heterocycles. The maximum Gasteiger partial charge on any atom is 0.216 e. The molecule has 0 aliphatic rings. The summed E-state index contributed by atoms with van der Waals surface area (Å²) in [5, 5.41) is 12.3. The molecule has 1 aromatic carbocycles. The Balaban J connectivity index is 2.49. The lowest BCUT2D eigenvalue weighted by atomic mass is 10.2. The molecular formula is C11H11N3O. The summed E-state index contributed by atoms with van der Waals surface area (Å²) in [6.45, 7) is 0. The van der Waals surface area contributed by atoms with Gasteiger partial charge in [-0.2, -0.15) is 4.98 Å². The second-order valence-corrected chi connectivity index (χ2v) is 3.05. The standard InChI is InChI=1S/C11H11N3O/c1-12-9-7-10(15)14-11(13-9)8-5-3-2-4-6-8/h2-7H,1H3,(H2,12,13,14,15). The van der Waals surface area contributed by atoms with E-state index in [-0.39, 0.29) is 5.88 Å². The molecule has 2 aromatic rings. The Kier molecular flexibility index (Phi) is 2.49. The van der Waals surface area contributed by atoms with Gasteiger partial charge in [0.2, 0.25) is 5.88 Å². The highest BCUT2D eigenvalue weighted by Gasteiger charge is 2.04. The van der Waals surface area contributed by atoms with E-state index in [1.807, 2.05) is 30.3 Å². The summed E-state index contributed by atoms with van der Waals surface area (Å²) >= 11 is 0. The first-order valence-electron chi connectivity index (χ1n) is 4.61. The SMILES string of the molecule is CNc1cc(O)nc(-c2ccccc2)n1. The van der Waals surface area contributed by atoms with Crippen LogP contribution in [0.3, 0.4) is 0 Å². The van der Waals surface area contributed by atoms with Crippen molar-refractivity contribution < 1.29 is 5.11 Å². The van der Waals surface area contributed by atoms with Crippen LogP contribution in [-0.4, -0.2) is 22.1 Å². The van der Waals surface area contributed by atoms with E-state index in [1.54, 1.807) is 7.05 Å². The number of aromatic hydroxyl groups is 1. The normalized spacial score (nSPS) is 9.93. The van der Waals surface area contributed by atoms with Gasteiger partial charge in [-0.15, -0.1) is 0 Å². The molecule has 4 heteroatoms. The van der Waals surface area contributed by atoms with Gasteiger partial charge >= 0.3 is 0 Å². The number of nitrogens with zero attached hydrogens (tertiary/aromatic N) is 2. The Morgan fingerprint density at radius 1 is 1.13 bits per heavy atom. The second kappa shape index (κ2) is 3.96. The van der Waals surface area contributed by atoms with Crippen LogP contribution in [0.25, 0.3) is 11.4 Å². The number of hydrogen-bond donors (Lipinski definition) is 2. The molecule has 1 heterocycles. The average molecular weight is 201 g/mol. The van der Waals surface area contributed by atoms with Gasteiger partial charge in [0, 0.05) is 18.7 Å². The lowest BCUT2D eigenvalue weighted by Gasteiger charge is -2.04. The smallest absolute Gasteiger partial charge is 0.216 e. The van der Waals surface area contributed by atoms with Crippen LogP contribution in [0.4, 0.5) is 5.82 Å². The third-order valence-corrected chi connectivity index (χ3v) is 2.00. The number of anilines is 1. The average Bonchev–Trinajstić information content (AvgIpc) is 2.29. The van der Waals surface area contributed by atoms with Crippen LogP contribution >= 0.6 is 0 Å². The minimum atomic E-state index is -0.0341. The zero-order valence-corrected chi connectivity index (χ0v) is 8.31. The lowest BCUT2D eigenvalue weighted by Crippen LogP contribution is -1.96. The van der Waals surface area contributed by atoms with E-state index in [0.29, 0.717) is 11.6 Å². The van der Waals surface area contributed by atoms with Crippen molar-refractivity contribution in [3.63, 3.8) is 0 Å². The summed E-state index contributed by atoms with van der Waals surface area (Å²) in [6, 6.07) is 11.0. The highest BCUT2D eigenvalue weighted by atomic mass is 16.3. The number of aromatic nitrogens is 2. The first kappa shape index (κ1) is 9.45. The Morgan fingerprint density at radius 3 is 2.53 bits per heavy atom. The van der Waals surface area contributed by atoms with Crippen LogP contribution in [0, 0.1) is 0 Å². The van der Waals surface area contributed by atoms with Crippen LogP contribution in [0.1, 0.15) is 0 Å². The molecule has 0 bridgehead atoms. The summed E-state index contributed by atoms with van der Waals surface area (Å²) in [6.07, 6.45) is 0. The summed E-state index contributed by atoms with van der Waals surface area (Å²) in [4.78, 5) is 8.20. The van der Waals surface area contributed by atoms with Gasteiger partial charge < -0.3 is 10.4 Å². The second-order valence-electron chi connectivity index (χ2n) is 3.05. The zero-order valence-electron chi connectivity index (χ0n) is 8.31. The third kappa shape index (κ3) is 2.04. The quantitative estimate of drug-likeness (QED) is 0.779. The molecule has 0 aliphatic heterocycles. The maximum absolute atomic E-state index is 9.40. The van der Waals surface area contributed by atoms with Crippen molar-refractivity contribution in [2.75, 3.05) is 12.4 Å². The van der Waals surface area contributed by atoms with Gasteiger partial charge in [0.1, 0.15) is 5.82 Å². The minimum absolute atomic E-state index is 0.0341. The van der Waals surface area contributed by atoms with Gasteiger partial charge in [0.15, 0.2) is 5.82 Å². The van der Waals surface area contributed by atoms with Crippen LogP contribution in [0.5, 0.6) is 5.88 Å². The molecule has 0 unspecified atom stereocenters. The van der Waals surface area contributed by atoms with Crippen molar-refractivity contribution in [3.05, 3.63) is 36.4 Å². The van der Waals surface area contributed by atoms with Crippen LogP contribution in [0.2, 0.25) is 0 Å². The third-order valence-electron chi connectivity index (χ3n) is 2.00. The van der Waals surface area contributed by atoms with Crippen LogP contribution in [-0.2, 0) is 0 Å². The van der Waals surface area contributed by atoms with Crippen molar-refractivity contribution in [3.8, 4) is 17.3 Å². The van der Waals surface area contributed by atoms with E-state index >= 15 is 0 Å². The van der Waals surface area contributed by atoms with E-state index in [1.165, 1.54) is 6.07 Å². The van der Waals surface area contributed by atoms with Crippen molar-refractivity contribution in [2.45, 2.75) is 0 Å². The topological polar surface area (TPSA) is 58.0 Å². The number of rotatable bonds is 2. The van der Waals surface area contributed by atoms with E-state index in [9.17, 15) is 5.11 Å². The fraction of sp³-hybridized carbons (Fsp3) is 0.0909. The molecule has 0 radical (unpaired) electrons. The fourth-order valence-corrected chi connectivity index (χ4v) is 1.28. The molecule has 0 saturated carbocycles. The summed E-state index contributed by atoms with van der Waals surface area (Å²) in [5.74, 6) is 1.08. The molecular weight excluding hydrogens is 190 g/mol. The van der Waals surface area contributed by atoms with E-state index in [4.69, 9.17) is 0 Å². The maximum atomic E-state index is 9.40. The Labute approximate surface area is 87.6 Å². The van der Waals surface area contributed by atoms with Gasteiger partial charge in [-0.25, -0.2) is 4.98 Å². The molecule has 2 rings (SSSR count). The fourth-order valence-electron chi connectivity index (χ4n) is 1.28. The molecule has 4 nitrogen and oxygen atoms in total. The van der Waals surface area contributed by atoms with E-state index in [2.05, 4.69) is 15.3 Å². The molecule has 0 fully saturated rings. The predicted molar refractivity (Wildman–Crippen MR) is 58.7 cm³/mol. The zero-order chi connectivity index (χ0) is 10.7. The van der Waals surface area contributed by atoms with Gasteiger partial charge in [-0.3, -0.25) is 0 Å². The van der Waals surface area contributed by atoms with Crippen LogP contribution < -0.4 is 5.32 Å². The number of hydrogen-bond acceptors (Lipinski definition) is 4. The predicted octanol–water partition coefficient (Wildman–Crippen LogP) is 1.89. The summed E-state index contributed by atoms with van der Waals surface area (Å²) < 4.78 is 0. The van der Waals surface area contributed by atoms with Crippen molar-refractivity contribution in [2.24, 2.45) is 0 Å². The Morgan fingerprint density at radius 2 is 1.87 bits per heavy atom. The minimum Gasteiger partial charge on any atom is -0.493 e. The molecule has 15 heavy (non-hydrogen) atoms. The highest BCUT2D eigenvalue weighted by molar-refractivity contribution is 5.57. The molecule has 1 aromatic heterocycles. The molecule has 76 valence electrons. The van der Waals surface area contributed by atoms with Crippen LogP contribution in [0.15, 0.2) is 36.4 Å².